The highest BCUT2D eigenvalue weighted by atomic mass is 16.5. The zero-order valence-electron chi connectivity index (χ0n) is 23.8. The average Bonchev–Trinajstić information content (AvgIpc) is 3.20. The third-order valence-electron chi connectivity index (χ3n) is 7.72. The first-order chi connectivity index (χ1) is 20.2. The van der Waals surface area contributed by atoms with Gasteiger partial charge in [-0.2, -0.15) is 0 Å². The standard InChI is InChI=1S/C39H35NO/c1-4-7-9-18-34(28-15-10-8-11-16-28)29-22-25-32(26-23-29)40-36(14-5-2)33(6-3)35-27-24-31-21-20-30-17-12-13-19-37(30)41-39(31)38(35)40/h5-6,8,10-27H,3-4,7,9H2,1-2H3/b14-5-,34-18+. The number of aromatic nitrogens is 1. The van der Waals surface area contributed by atoms with Crippen LogP contribution in [0.3, 0.4) is 0 Å². The molecular formula is C39H35NO. The normalized spacial score (nSPS) is 12.7. The van der Waals surface area contributed by atoms with Crippen molar-refractivity contribution in [3.8, 4) is 17.2 Å². The van der Waals surface area contributed by atoms with E-state index in [-0.39, 0.29) is 0 Å². The lowest BCUT2D eigenvalue weighted by Crippen LogP contribution is -2.00. The highest BCUT2D eigenvalue weighted by molar-refractivity contribution is 6.01. The molecule has 41 heavy (non-hydrogen) atoms. The van der Waals surface area contributed by atoms with Crippen molar-refractivity contribution in [2.75, 3.05) is 0 Å². The first-order valence-electron chi connectivity index (χ1n) is 14.5. The van der Waals surface area contributed by atoms with Gasteiger partial charge in [0, 0.05) is 27.8 Å². The van der Waals surface area contributed by atoms with Crippen molar-refractivity contribution in [3.63, 3.8) is 0 Å². The van der Waals surface area contributed by atoms with Crippen molar-refractivity contribution in [1.82, 2.24) is 4.57 Å². The Labute approximate surface area is 243 Å². The molecule has 6 rings (SSSR count). The molecule has 0 unspecified atom stereocenters. The Morgan fingerprint density at radius 1 is 0.829 bits per heavy atom. The highest BCUT2D eigenvalue weighted by Crippen LogP contribution is 2.43. The number of para-hydroxylation sites is 1. The van der Waals surface area contributed by atoms with Gasteiger partial charge in [-0.15, -0.1) is 0 Å². The molecule has 2 nitrogen and oxygen atoms in total. The van der Waals surface area contributed by atoms with Crippen LogP contribution in [0.4, 0.5) is 0 Å². The molecular weight excluding hydrogens is 498 g/mol. The summed E-state index contributed by atoms with van der Waals surface area (Å²) in [6, 6.07) is 32.2. The zero-order valence-corrected chi connectivity index (χ0v) is 23.8. The lowest BCUT2D eigenvalue weighted by atomic mass is 9.96. The molecule has 4 aromatic carbocycles. The molecule has 1 aliphatic rings. The fourth-order valence-electron chi connectivity index (χ4n) is 5.71. The van der Waals surface area contributed by atoms with E-state index in [2.05, 4.69) is 128 Å². The predicted molar refractivity (Wildman–Crippen MR) is 177 cm³/mol. The minimum absolute atomic E-state index is 0.857. The summed E-state index contributed by atoms with van der Waals surface area (Å²) in [4.78, 5) is 0. The molecule has 0 bridgehead atoms. The van der Waals surface area contributed by atoms with Crippen LogP contribution in [0, 0.1) is 0 Å². The van der Waals surface area contributed by atoms with Crippen LogP contribution in [0.25, 0.3) is 46.5 Å². The van der Waals surface area contributed by atoms with Gasteiger partial charge < -0.3 is 9.30 Å². The van der Waals surface area contributed by atoms with E-state index in [9.17, 15) is 0 Å². The molecule has 0 aliphatic carbocycles. The number of unbranched alkanes of at least 4 members (excludes halogenated alkanes) is 2. The van der Waals surface area contributed by atoms with Gasteiger partial charge in [0.25, 0.3) is 0 Å². The second-order valence-corrected chi connectivity index (χ2v) is 10.4. The second kappa shape index (κ2) is 11.7. The van der Waals surface area contributed by atoms with Gasteiger partial charge in [-0.1, -0.05) is 130 Å². The maximum Gasteiger partial charge on any atom is 0.159 e. The molecule has 2 heterocycles. The monoisotopic (exact) mass is 533 g/mol. The minimum atomic E-state index is 0.857. The quantitative estimate of drug-likeness (QED) is 0.177. The van der Waals surface area contributed by atoms with E-state index in [1.54, 1.807) is 0 Å². The van der Waals surface area contributed by atoms with Crippen LogP contribution >= 0.6 is 0 Å². The number of benzene rings is 4. The van der Waals surface area contributed by atoms with E-state index >= 15 is 0 Å². The van der Waals surface area contributed by atoms with E-state index in [1.165, 1.54) is 29.5 Å². The maximum atomic E-state index is 6.69. The number of hydrogen-bond acceptors (Lipinski definition) is 1. The molecule has 0 N–H and O–H groups in total. The number of allylic oxidation sites excluding steroid dienone is 2. The zero-order chi connectivity index (χ0) is 28.2. The second-order valence-electron chi connectivity index (χ2n) is 10.4. The smallest absolute Gasteiger partial charge is 0.159 e. The SMILES string of the molecule is C=Cc1c(/C=C\C)n(-c2ccc(/C(=C/CCCC)c3ccccc3)cc2)c2c3c(ccc12)C=Cc1ccccc1O3. The fraction of sp³-hybridized carbons (Fsp3) is 0.128. The van der Waals surface area contributed by atoms with Gasteiger partial charge in [-0.25, -0.2) is 0 Å². The number of nitrogens with zero attached hydrogens (tertiary/aromatic N) is 1. The number of fused-ring (bicyclic) bond motifs is 4. The molecule has 0 radical (unpaired) electrons. The summed E-state index contributed by atoms with van der Waals surface area (Å²) < 4.78 is 9.01. The lowest BCUT2D eigenvalue weighted by Gasteiger charge is -2.16. The Morgan fingerprint density at radius 2 is 1.56 bits per heavy atom. The molecule has 0 saturated heterocycles. The molecule has 1 aromatic heterocycles. The first-order valence-corrected chi connectivity index (χ1v) is 14.5. The van der Waals surface area contributed by atoms with Gasteiger partial charge in [0.05, 0.1) is 11.2 Å². The maximum absolute atomic E-state index is 6.69. The van der Waals surface area contributed by atoms with Gasteiger partial charge in [-0.3, -0.25) is 0 Å². The fourth-order valence-corrected chi connectivity index (χ4v) is 5.71. The van der Waals surface area contributed by atoms with Crippen molar-refractivity contribution < 1.29 is 4.74 Å². The van der Waals surface area contributed by atoms with E-state index in [4.69, 9.17) is 4.74 Å². The first kappa shape index (κ1) is 26.4. The summed E-state index contributed by atoms with van der Waals surface area (Å²) in [5.41, 5.74) is 10.2. The van der Waals surface area contributed by atoms with E-state index in [0.29, 0.717) is 0 Å². The molecule has 0 saturated carbocycles. The van der Waals surface area contributed by atoms with Crippen LogP contribution in [0.2, 0.25) is 0 Å². The topological polar surface area (TPSA) is 14.2 Å². The lowest BCUT2D eigenvalue weighted by molar-refractivity contribution is 0.485. The number of hydrogen-bond donors (Lipinski definition) is 0. The Morgan fingerprint density at radius 3 is 2.32 bits per heavy atom. The predicted octanol–water partition coefficient (Wildman–Crippen LogP) is 11.2. The highest BCUT2D eigenvalue weighted by Gasteiger charge is 2.22. The third-order valence-corrected chi connectivity index (χ3v) is 7.72. The number of rotatable bonds is 8. The Balaban J connectivity index is 1.54. The molecule has 1 aliphatic heterocycles. The Hall–Kier alpha value is -4.82. The van der Waals surface area contributed by atoms with E-state index in [1.807, 2.05) is 24.3 Å². The molecule has 2 heteroatoms. The largest absolute Gasteiger partial charge is 0.454 e. The summed E-state index contributed by atoms with van der Waals surface area (Å²) in [7, 11) is 0. The van der Waals surface area contributed by atoms with Crippen LogP contribution in [0.5, 0.6) is 11.5 Å². The van der Waals surface area contributed by atoms with Gasteiger partial charge in [0.2, 0.25) is 0 Å². The summed E-state index contributed by atoms with van der Waals surface area (Å²) in [6.45, 7) is 8.49. The third kappa shape index (κ3) is 4.98. The van der Waals surface area contributed by atoms with Gasteiger partial charge in [-0.05, 0) is 54.3 Å². The Bertz CT molecular complexity index is 1800. The molecule has 0 atom stereocenters. The van der Waals surface area contributed by atoms with E-state index < -0.39 is 0 Å². The van der Waals surface area contributed by atoms with Crippen molar-refractivity contribution in [2.24, 2.45) is 0 Å². The summed E-state index contributed by atoms with van der Waals surface area (Å²) in [5, 5.41) is 1.12. The molecule has 202 valence electrons. The van der Waals surface area contributed by atoms with Crippen molar-refractivity contribution in [1.29, 1.82) is 0 Å². The molecule has 0 spiro atoms. The van der Waals surface area contributed by atoms with Crippen LogP contribution in [0.15, 0.2) is 110 Å². The summed E-state index contributed by atoms with van der Waals surface area (Å²) >= 11 is 0. The van der Waals surface area contributed by atoms with Crippen molar-refractivity contribution in [2.45, 2.75) is 33.1 Å². The van der Waals surface area contributed by atoms with Crippen LogP contribution in [0.1, 0.15) is 66.6 Å². The van der Waals surface area contributed by atoms with Gasteiger partial charge >= 0.3 is 0 Å². The molecule has 0 amide bonds. The Kier molecular flexibility index (Phi) is 7.56. The molecule has 0 fully saturated rings. The summed E-state index contributed by atoms with van der Waals surface area (Å²) in [6.07, 6.45) is 16.3. The van der Waals surface area contributed by atoms with Crippen LogP contribution < -0.4 is 4.74 Å². The van der Waals surface area contributed by atoms with E-state index in [0.717, 1.165) is 56.9 Å². The van der Waals surface area contributed by atoms with Gasteiger partial charge in [0.1, 0.15) is 5.75 Å². The van der Waals surface area contributed by atoms with Gasteiger partial charge in [0.15, 0.2) is 5.75 Å². The number of ether oxygens (including phenoxy) is 1. The van der Waals surface area contributed by atoms with Crippen LogP contribution in [-0.4, -0.2) is 4.57 Å². The van der Waals surface area contributed by atoms with Crippen molar-refractivity contribution in [3.05, 3.63) is 143 Å². The molecule has 5 aromatic rings. The minimum Gasteiger partial charge on any atom is -0.454 e. The summed E-state index contributed by atoms with van der Waals surface area (Å²) in [5.74, 6) is 1.71. The average molecular weight is 534 g/mol. The van der Waals surface area contributed by atoms with Crippen molar-refractivity contribution >= 4 is 40.8 Å². The van der Waals surface area contributed by atoms with Crippen LogP contribution in [-0.2, 0) is 0 Å².